The second-order valence-corrected chi connectivity index (χ2v) is 8.59. The van der Waals surface area contributed by atoms with Crippen molar-refractivity contribution in [3.63, 3.8) is 0 Å². The number of aliphatic hydroxyl groups is 2. The summed E-state index contributed by atoms with van der Waals surface area (Å²) in [5.74, 6) is 1.01. The van der Waals surface area contributed by atoms with Gasteiger partial charge in [-0.25, -0.2) is 0 Å². The van der Waals surface area contributed by atoms with Gasteiger partial charge in [-0.3, -0.25) is 9.48 Å². The van der Waals surface area contributed by atoms with Gasteiger partial charge in [-0.2, -0.15) is 5.10 Å². The third-order valence-electron chi connectivity index (χ3n) is 5.01. The second-order valence-electron chi connectivity index (χ2n) is 8.21. The fourth-order valence-corrected chi connectivity index (χ4v) is 3.65. The van der Waals surface area contributed by atoms with Gasteiger partial charge in [0.25, 0.3) is 0 Å². The summed E-state index contributed by atoms with van der Waals surface area (Å²) in [6, 6.07) is 7.34. The summed E-state index contributed by atoms with van der Waals surface area (Å²) in [6.45, 7) is 3.64. The number of carbonyl (C=O) groups is 1. The van der Waals surface area contributed by atoms with E-state index in [4.69, 9.17) is 26.2 Å². The van der Waals surface area contributed by atoms with Gasteiger partial charge < -0.3 is 34.7 Å². The minimum absolute atomic E-state index is 0.0910. The number of anilines is 1. The molecule has 0 saturated heterocycles. The Morgan fingerprint density at radius 2 is 2.00 bits per heavy atom. The summed E-state index contributed by atoms with van der Waals surface area (Å²) in [7, 11) is 1.50. The topological polar surface area (TPSA) is 131 Å². The molecule has 1 aromatic carbocycles. The Hall–Kier alpha value is -3.21. The zero-order valence-electron chi connectivity index (χ0n) is 19.2. The monoisotopic (exact) mass is 492 g/mol. The summed E-state index contributed by atoms with van der Waals surface area (Å²) in [5.41, 5.74) is 0. The lowest BCUT2D eigenvalue weighted by atomic mass is 10.0. The van der Waals surface area contributed by atoms with Crippen molar-refractivity contribution in [2.75, 3.05) is 19.0 Å². The van der Waals surface area contributed by atoms with Crippen LogP contribution >= 0.6 is 11.6 Å². The predicted molar refractivity (Wildman–Crippen MR) is 127 cm³/mol. The molecule has 3 rings (SSSR count). The molecule has 0 spiro atoms. The van der Waals surface area contributed by atoms with Gasteiger partial charge in [-0.05, 0) is 24.5 Å². The molecule has 184 valence electrons. The van der Waals surface area contributed by atoms with Crippen LogP contribution in [0.1, 0.15) is 26.3 Å². The maximum atomic E-state index is 13.1. The smallest absolute Gasteiger partial charge is 0.248 e. The molecule has 0 fully saturated rings. The predicted octanol–water partition coefficient (Wildman–Crippen LogP) is 3.42. The Morgan fingerprint density at radius 3 is 2.68 bits per heavy atom. The van der Waals surface area contributed by atoms with E-state index >= 15 is 0 Å². The molecular weight excluding hydrogens is 464 g/mol. The molecule has 2 aromatic heterocycles. The highest BCUT2D eigenvalue weighted by atomic mass is 35.5. The number of amides is 1. The maximum Gasteiger partial charge on any atom is 0.248 e. The van der Waals surface area contributed by atoms with E-state index in [9.17, 15) is 15.0 Å². The number of benzene rings is 1. The molecule has 0 bridgehead atoms. The number of aliphatic hydroxyl groups excluding tert-OH is 2. The van der Waals surface area contributed by atoms with Crippen LogP contribution in [0.5, 0.6) is 23.1 Å². The van der Waals surface area contributed by atoms with E-state index in [-0.39, 0.29) is 35.1 Å². The Balaban J connectivity index is 1.80. The molecule has 11 heteroatoms. The van der Waals surface area contributed by atoms with Crippen LogP contribution < -0.4 is 14.8 Å². The van der Waals surface area contributed by atoms with Gasteiger partial charge in [-0.1, -0.05) is 31.5 Å². The number of nitrogens with one attached hydrogen (secondary N) is 1. The quantitative estimate of drug-likeness (QED) is 0.322. The van der Waals surface area contributed by atoms with Crippen molar-refractivity contribution in [2.24, 2.45) is 5.92 Å². The number of ether oxygens (including phenoxy) is 2. The van der Waals surface area contributed by atoms with E-state index in [0.717, 1.165) is 0 Å². The number of halogens is 1. The van der Waals surface area contributed by atoms with E-state index in [2.05, 4.69) is 10.4 Å². The molecule has 0 saturated carbocycles. The highest BCUT2D eigenvalue weighted by Gasteiger charge is 2.26. The second kappa shape index (κ2) is 11.3. The van der Waals surface area contributed by atoms with Gasteiger partial charge in [0.2, 0.25) is 5.91 Å². The van der Waals surface area contributed by atoms with Gasteiger partial charge in [0, 0.05) is 18.3 Å². The van der Waals surface area contributed by atoms with E-state index < -0.39 is 18.8 Å². The first-order chi connectivity index (χ1) is 16.2. The van der Waals surface area contributed by atoms with Crippen molar-refractivity contribution < 1.29 is 29.6 Å². The van der Waals surface area contributed by atoms with Crippen molar-refractivity contribution in [1.29, 1.82) is 0 Å². The molecule has 3 aromatic rings. The molecule has 0 aliphatic carbocycles. The van der Waals surface area contributed by atoms with Crippen LogP contribution in [-0.2, 0) is 11.3 Å². The molecule has 0 aliphatic rings. The summed E-state index contributed by atoms with van der Waals surface area (Å²) < 4.78 is 13.9. The van der Waals surface area contributed by atoms with Crippen LogP contribution in [0.2, 0.25) is 5.02 Å². The first kappa shape index (κ1) is 25.4. The van der Waals surface area contributed by atoms with Crippen molar-refractivity contribution in [2.45, 2.75) is 39.0 Å². The Bertz CT molecular complexity index is 1110. The number of aromatic hydroxyl groups is 1. The van der Waals surface area contributed by atoms with Crippen molar-refractivity contribution in [3.8, 4) is 23.1 Å². The number of carbonyl (C=O) groups excluding carboxylic acids is 1. The molecule has 0 unspecified atom stereocenters. The lowest BCUT2D eigenvalue weighted by Gasteiger charge is -2.20. The number of methoxy groups -OCH3 is 1. The molecule has 2 heterocycles. The van der Waals surface area contributed by atoms with Gasteiger partial charge in [0.05, 0.1) is 32.6 Å². The summed E-state index contributed by atoms with van der Waals surface area (Å²) >= 11 is 6.30. The Kier molecular flexibility index (Phi) is 8.43. The summed E-state index contributed by atoms with van der Waals surface area (Å²) in [5, 5.41) is 36.4. The first-order valence-corrected chi connectivity index (χ1v) is 11.1. The van der Waals surface area contributed by atoms with Crippen molar-refractivity contribution in [3.05, 3.63) is 47.7 Å². The number of aromatic nitrogens is 3. The molecule has 0 radical (unpaired) electrons. The summed E-state index contributed by atoms with van der Waals surface area (Å²) in [6.07, 6.45) is 2.61. The molecule has 1 amide bonds. The molecule has 0 aliphatic heterocycles. The lowest BCUT2D eigenvalue weighted by Crippen LogP contribution is -2.27. The minimum Gasteiger partial charge on any atom is -0.495 e. The van der Waals surface area contributed by atoms with Gasteiger partial charge in [0.15, 0.2) is 11.7 Å². The number of hydrogen-bond acceptors (Lipinski definition) is 7. The average molecular weight is 493 g/mol. The molecule has 10 nitrogen and oxygen atoms in total. The third kappa shape index (κ3) is 6.22. The normalized spacial score (nSPS) is 13.0. The zero-order valence-corrected chi connectivity index (χ0v) is 19.9. The zero-order chi connectivity index (χ0) is 24.8. The SMILES string of the molecule is COc1cccc(Oc2cc(O)n([C@@H](CC(C)C)C(=O)Nc3ccn(C[C@@H](O)CO)n3)c2)c1Cl. The third-order valence-corrected chi connectivity index (χ3v) is 5.38. The van der Waals surface area contributed by atoms with E-state index in [1.54, 1.807) is 30.5 Å². The van der Waals surface area contributed by atoms with Crippen molar-refractivity contribution in [1.82, 2.24) is 14.3 Å². The van der Waals surface area contributed by atoms with Gasteiger partial charge in [0.1, 0.15) is 28.3 Å². The van der Waals surface area contributed by atoms with Gasteiger partial charge >= 0.3 is 0 Å². The number of rotatable bonds is 11. The molecule has 34 heavy (non-hydrogen) atoms. The molecule has 4 N–H and O–H groups in total. The van der Waals surface area contributed by atoms with Crippen molar-refractivity contribution >= 4 is 23.3 Å². The maximum absolute atomic E-state index is 13.1. The fraction of sp³-hybridized carbons (Fsp3) is 0.391. The minimum atomic E-state index is -0.953. The van der Waals surface area contributed by atoms with Crippen LogP contribution in [0.25, 0.3) is 0 Å². The van der Waals surface area contributed by atoms with Crippen LogP contribution in [0.4, 0.5) is 5.82 Å². The van der Waals surface area contributed by atoms with Crippen LogP contribution in [0.3, 0.4) is 0 Å². The van der Waals surface area contributed by atoms with Crippen LogP contribution in [0.15, 0.2) is 42.7 Å². The molecular formula is C23H29ClN4O6. The fourth-order valence-electron chi connectivity index (χ4n) is 3.41. The first-order valence-electron chi connectivity index (χ1n) is 10.8. The number of nitrogens with zero attached hydrogens (tertiary/aromatic N) is 3. The largest absolute Gasteiger partial charge is 0.495 e. The van der Waals surface area contributed by atoms with Gasteiger partial charge in [-0.15, -0.1) is 0 Å². The highest BCUT2D eigenvalue weighted by Crippen LogP contribution is 2.38. The van der Waals surface area contributed by atoms with E-state index in [1.807, 2.05) is 13.8 Å². The Labute approximate surface area is 202 Å². The van der Waals surface area contributed by atoms with E-state index in [1.165, 1.54) is 28.6 Å². The number of hydrogen-bond donors (Lipinski definition) is 4. The standard InChI is InChI=1S/C23H29ClN4O6/c1-14(2)9-17(23(32)25-20-7-8-27(26-20)11-15(30)13-29)28-12-16(10-21(28)31)34-19-6-4-5-18(33-3)22(19)24/h4-8,10,12,14-15,17,29-31H,9,11,13H2,1-3H3,(H,25,26,32)/t15-,17+/m1/s1. The lowest BCUT2D eigenvalue weighted by molar-refractivity contribution is -0.119. The molecule has 2 atom stereocenters. The van der Waals surface area contributed by atoms with E-state index in [0.29, 0.717) is 23.7 Å². The average Bonchev–Trinajstić information content (AvgIpc) is 3.38. The Morgan fingerprint density at radius 1 is 1.26 bits per heavy atom. The summed E-state index contributed by atoms with van der Waals surface area (Å²) in [4.78, 5) is 13.1. The van der Waals surface area contributed by atoms with Crippen LogP contribution in [0, 0.1) is 5.92 Å². The highest BCUT2D eigenvalue weighted by molar-refractivity contribution is 6.33. The van der Waals surface area contributed by atoms with Crippen LogP contribution in [-0.4, -0.2) is 55.4 Å².